The smallest absolute Gasteiger partial charge is 0.0589 e. The van der Waals surface area contributed by atoms with Gasteiger partial charge in [-0.2, -0.15) is 0 Å². The first-order chi connectivity index (χ1) is 7.67. The van der Waals surface area contributed by atoms with E-state index in [0.29, 0.717) is 0 Å². The van der Waals surface area contributed by atoms with Gasteiger partial charge in [0.05, 0.1) is 6.61 Å². The van der Waals surface area contributed by atoms with E-state index in [-0.39, 0.29) is 0 Å². The van der Waals surface area contributed by atoms with Crippen molar-refractivity contribution in [1.82, 2.24) is 4.90 Å². The van der Waals surface area contributed by atoms with Crippen LogP contribution in [-0.4, -0.2) is 31.7 Å². The van der Waals surface area contributed by atoms with Gasteiger partial charge in [-0.1, -0.05) is 18.5 Å². The average molecular weight is 243 g/mol. The molecule has 0 aliphatic rings. The zero-order valence-electron chi connectivity index (χ0n) is 9.87. The normalized spacial score (nSPS) is 11.0. The lowest BCUT2D eigenvalue weighted by Gasteiger charge is -2.20. The van der Waals surface area contributed by atoms with Crippen LogP contribution in [0.1, 0.15) is 12.5 Å². The minimum Gasteiger partial charge on any atom is -0.399 e. The molecule has 1 rings (SSSR count). The first-order valence-electron chi connectivity index (χ1n) is 5.42. The summed E-state index contributed by atoms with van der Waals surface area (Å²) in [5.74, 6) is 0. The van der Waals surface area contributed by atoms with Crippen LogP contribution in [0.5, 0.6) is 0 Å². The van der Waals surface area contributed by atoms with Gasteiger partial charge < -0.3 is 10.5 Å². The number of benzene rings is 1. The van der Waals surface area contributed by atoms with E-state index in [1.165, 1.54) is 0 Å². The van der Waals surface area contributed by atoms with Gasteiger partial charge >= 0.3 is 0 Å². The number of hydrogen-bond donors (Lipinski definition) is 1. The molecule has 0 amide bonds. The van der Waals surface area contributed by atoms with Gasteiger partial charge in [-0.15, -0.1) is 0 Å². The quantitative estimate of drug-likeness (QED) is 0.779. The van der Waals surface area contributed by atoms with E-state index in [4.69, 9.17) is 22.1 Å². The van der Waals surface area contributed by atoms with E-state index in [1.807, 2.05) is 18.2 Å². The maximum absolute atomic E-state index is 6.12. The molecule has 0 bridgehead atoms. The van der Waals surface area contributed by atoms with Crippen molar-refractivity contribution in [3.63, 3.8) is 0 Å². The third-order valence-electron chi connectivity index (χ3n) is 2.52. The van der Waals surface area contributed by atoms with Crippen molar-refractivity contribution in [2.24, 2.45) is 0 Å². The number of nitrogens with zero attached hydrogens (tertiary/aromatic N) is 1. The Hall–Kier alpha value is -0.770. The molecule has 1 aromatic carbocycles. The van der Waals surface area contributed by atoms with E-state index in [1.54, 1.807) is 7.11 Å². The molecule has 0 saturated heterocycles. The maximum Gasteiger partial charge on any atom is 0.0589 e. The van der Waals surface area contributed by atoms with Crippen LogP contribution in [0.25, 0.3) is 0 Å². The predicted molar refractivity (Wildman–Crippen MR) is 68.7 cm³/mol. The highest BCUT2D eigenvalue weighted by Gasteiger charge is 2.07. The van der Waals surface area contributed by atoms with E-state index >= 15 is 0 Å². The van der Waals surface area contributed by atoms with Crippen molar-refractivity contribution >= 4 is 17.3 Å². The molecule has 2 N–H and O–H groups in total. The highest BCUT2D eigenvalue weighted by atomic mass is 35.5. The Labute approximate surface area is 102 Å². The summed E-state index contributed by atoms with van der Waals surface area (Å²) in [6.07, 6.45) is 0. The van der Waals surface area contributed by atoms with Crippen LogP contribution in [0.2, 0.25) is 5.02 Å². The van der Waals surface area contributed by atoms with Crippen molar-refractivity contribution in [2.75, 3.05) is 32.5 Å². The van der Waals surface area contributed by atoms with Crippen LogP contribution < -0.4 is 5.73 Å². The molecule has 16 heavy (non-hydrogen) atoms. The Kier molecular flexibility index (Phi) is 5.60. The summed E-state index contributed by atoms with van der Waals surface area (Å²) in [7, 11) is 1.71. The zero-order valence-corrected chi connectivity index (χ0v) is 10.6. The van der Waals surface area contributed by atoms with Gasteiger partial charge in [-0.05, 0) is 30.3 Å². The molecular formula is C12H19ClN2O. The molecule has 0 aliphatic carbocycles. The molecule has 0 aliphatic heterocycles. The van der Waals surface area contributed by atoms with Crippen molar-refractivity contribution in [3.05, 3.63) is 28.8 Å². The molecular weight excluding hydrogens is 224 g/mol. The molecule has 90 valence electrons. The number of nitrogens with two attached hydrogens (primary N) is 1. The van der Waals surface area contributed by atoms with Crippen molar-refractivity contribution in [3.8, 4) is 0 Å². The summed E-state index contributed by atoms with van der Waals surface area (Å²) in [4.78, 5) is 2.27. The first-order valence-corrected chi connectivity index (χ1v) is 5.80. The van der Waals surface area contributed by atoms with Gasteiger partial charge in [0.15, 0.2) is 0 Å². The molecule has 1 aromatic rings. The second-order valence-electron chi connectivity index (χ2n) is 3.71. The van der Waals surface area contributed by atoms with Gasteiger partial charge in [-0.3, -0.25) is 4.90 Å². The monoisotopic (exact) mass is 242 g/mol. The van der Waals surface area contributed by atoms with Crippen molar-refractivity contribution in [2.45, 2.75) is 13.5 Å². The van der Waals surface area contributed by atoms with Crippen LogP contribution in [0, 0.1) is 0 Å². The zero-order chi connectivity index (χ0) is 12.0. The standard InChI is InChI=1S/C12H19ClN2O/c1-3-15(6-7-16-2)9-10-8-11(14)4-5-12(10)13/h4-5,8H,3,6-7,9,14H2,1-2H3. The van der Waals surface area contributed by atoms with Crippen LogP contribution >= 0.6 is 11.6 Å². The maximum atomic E-state index is 6.12. The second-order valence-corrected chi connectivity index (χ2v) is 4.12. The molecule has 0 spiro atoms. The summed E-state index contributed by atoms with van der Waals surface area (Å²) in [6.45, 7) is 5.53. The molecule has 0 heterocycles. The summed E-state index contributed by atoms with van der Waals surface area (Å²) < 4.78 is 5.07. The summed E-state index contributed by atoms with van der Waals surface area (Å²) in [5.41, 5.74) is 7.56. The highest BCUT2D eigenvalue weighted by Crippen LogP contribution is 2.20. The molecule has 0 aromatic heterocycles. The van der Waals surface area contributed by atoms with Gasteiger partial charge in [-0.25, -0.2) is 0 Å². The Bertz CT molecular complexity index is 331. The molecule has 0 atom stereocenters. The fourth-order valence-electron chi connectivity index (χ4n) is 1.53. The van der Waals surface area contributed by atoms with Crippen LogP contribution in [0.4, 0.5) is 5.69 Å². The Morgan fingerprint density at radius 3 is 2.81 bits per heavy atom. The Balaban J connectivity index is 2.65. The number of methoxy groups -OCH3 is 1. The molecule has 3 nitrogen and oxygen atoms in total. The van der Waals surface area contributed by atoms with E-state index in [0.717, 1.165) is 42.5 Å². The number of rotatable bonds is 6. The Morgan fingerprint density at radius 1 is 1.44 bits per heavy atom. The fraction of sp³-hybridized carbons (Fsp3) is 0.500. The van der Waals surface area contributed by atoms with Gasteiger partial charge in [0, 0.05) is 30.9 Å². The SMILES string of the molecule is CCN(CCOC)Cc1cc(N)ccc1Cl. The lowest BCUT2D eigenvalue weighted by molar-refractivity contribution is 0.147. The molecule has 0 radical (unpaired) electrons. The minimum absolute atomic E-state index is 0.730. The number of nitrogen functional groups attached to an aromatic ring is 1. The van der Waals surface area contributed by atoms with E-state index < -0.39 is 0 Å². The highest BCUT2D eigenvalue weighted by molar-refractivity contribution is 6.31. The summed E-state index contributed by atoms with van der Waals surface area (Å²) in [5, 5.41) is 0.769. The first kappa shape index (κ1) is 13.3. The number of halogens is 1. The third kappa shape index (κ3) is 4.00. The van der Waals surface area contributed by atoms with Crippen LogP contribution in [-0.2, 0) is 11.3 Å². The summed E-state index contributed by atoms with van der Waals surface area (Å²) >= 11 is 6.12. The average Bonchev–Trinajstić information content (AvgIpc) is 2.28. The van der Waals surface area contributed by atoms with E-state index in [9.17, 15) is 0 Å². The van der Waals surface area contributed by atoms with Gasteiger partial charge in [0.1, 0.15) is 0 Å². The molecule has 0 unspecified atom stereocenters. The molecule has 0 saturated carbocycles. The third-order valence-corrected chi connectivity index (χ3v) is 2.89. The molecule has 4 heteroatoms. The number of ether oxygens (including phenoxy) is 1. The fourth-order valence-corrected chi connectivity index (χ4v) is 1.70. The predicted octanol–water partition coefficient (Wildman–Crippen LogP) is 2.39. The topological polar surface area (TPSA) is 38.5 Å². The summed E-state index contributed by atoms with van der Waals surface area (Å²) in [6, 6.07) is 5.59. The van der Waals surface area contributed by atoms with Crippen molar-refractivity contribution < 1.29 is 4.74 Å². The second kappa shape index (κ2) is 6.74. The number of hydrogen-bond acceptors (Lipinski definition) is 3. The minimum atomic E-state index is 0.730. The Morgan fingerprint density at radius 2 is 2.19 bits per heavy atom. The van der Waals surface area contributed by atoms with E-state index in [2.05, 4.69) is 11.8 Å². The van der Waals surface area contributed by atoms with Crippen molar-refractivity contribution in [1.29, 1.82) is 0 Å². The number of anilines is 1. The lowest BCUT2D eigenvalue weighted by atomic mass is 10.2. The van der Waals surface area contributed by atoms with Gasteiger partial charge in [0.25, 0.3) is 0 Å². The van der Waals surface area contributed by atoms with Gasteiger partial charge in [0.2, 0.25) is 0 Å². The lowest BCUT2D eigenvalue weighted by Crippen LogP contribution is -2.26. The molecule has 0 fully saturated rings. The van der Waals surface area contributed by atoms with Crippen LogP contribution in [0.3, 0.4) is 0 Å². The largest absolute Gasteiger partial charge is 0.399 e. The van der Waals surface area contributed by atoms with Crippen LogP contribution in [0.15, 0.2) is 18.2 Å². The number of likely N-dealkylation sites (N-methyl/N-ethyl adjacent to an activating group) is 1.